The molecule has 0 unspecified atom stereocenters. The minimum Gasteiger partial charge on any atom is -0.328 e. The van der Waals surface area contributed by atoms with Crippen molar-refractivity contribution in [2.45, 2.75) is 39.3 Å². The quantitative estimate of drug-likeness (QED) is 0.496. The van der Waals surface area contributed by atoms with Gasteiger partial charge in [0.2, 0.25) is 0 Å². The Morgan fingerprint density at radius 1 is 1.38 bits per heavy atom. The maximum atomic E-state index is 5.93. The largest absolute Gasteiger partial charge is 0.328 e. The normalized spacial score (nSPS) is 12.0. The van der Waals surface area contributed by atoms with Crippen LogP contribution in [0.2, 0.25) is 0 Å². The number of halogens is 2. The molecule has 5 heteroatoms. The molecule has 21 heavy (non-hydrogen) atoms. The number of hydrogen-bond donors (Lipinski definition) is 0. The van der Waals surface area contributed by atoms with Gasteiger partial charge in [-0.1, -0.05) is 0 Å². The van der Waals surface area contributed by atoms with Crippen LogP contribution in [0, 0.1) is 3.57 Å². The molecule has 2 rings (SSSR count). The number of alkyl halides is 1. The lowest BCUT2D eigenvalue weighted by Crippen LogP contribution is -2.28. The van der Waals surface area contributed by atoms with Gasteiger partial charge >= 0.3 is 0 Å². The molecule has 0 atom stereocenters. The maximum Gasteiger partial charge on any atom is 0.111 e. The summed E-state index contributed by atoms with van der Waals surface area (Å²) in [6.45, 7) is 6.56. The van der Waals surface area contributed by atoms with Crippen molar-refractivity contribution < 1.29 is 0 Å². The predicted molar refractivity (Wildman–Crippen MR) is 99.3 cm³/mol. The number of aromatic nitrogens is 2. The van der Waals surface area contributed by atoms with Crippen molar-refractivity contribution in [3.63, 3.8) is 0 Å². The summed E-state index contributed by atoms with van der Waals surface area (Å²) in [7, 11) is 2.18. The molecule has 0 amide bonds. The third-order valence-electron chi connectivity index (χ3n) is 3.88. The second-order valence-electron chi connectivity index (χ2n) is 5.68. The highest BCUT2D eigenvalue weighted by molar-refractivity contribution is 14.1. The van der Waals surface area contributed by atoms with E-state index in [9.17, 15) is 0 Å². The Morgan fingerprint density at radius 3 is 2.81 bits per heavy atom. The van der Waals surface area contributed by atoms with Crippen LogP contribution in [-0.4, -0.2) is 40.0 Å². The van der Waals surface area contributed by atoms with E-state index in [0.29, 0.717) is 11.9 Å². The van der Waals surface area contributed by atoms with Gasteiger partial charge < -0.3 is 9.47 Å². The molecule has 0 spiro atoms. The van der Waals surface area contributed by atoms with Crippen LogP contribution >= 0.6 is 34.2 Å². The third-order valence-corrected chi connectivity index (χ3v) is 4.74. The van der Waals surface area contributed by atoms with Crippen molar-refractivity contribution in [2.24, 2.45) is 0 Å². The SMILES string of the molecule is CC(C)N(C)CCCn1c(CCCl)nc2cc(I)ccc21. The summed E-state index contributed by atoms with van der Waals surface area (Å²) in [5, 5.41) is 0. The van der Waals surface area contributed by atoms with E-state index in [4.69, 9.17) is 16.6 Å². The smallest absolute Gasteiger partial charge is 0.111 e. The summed E-state index contributed by atoms with van der Waals surface area (Å²) in [5.41, 5.74) is 2.31. The van der Waals surface area contributed by atoms with Gasteiger partial charge in [0, 0.05) is 28.5 Å². The predicted octanol–water partition coefficient (Wildman–Crippen LogP) is 4.15. The third kappa shape index (κ3) is 4.33. The van der Waals surface area contributed by atoms with Gasteiger partial charge in [-0.15, -0.1) is 11.6 Å². The molecule has 116 valence electrons. The van der Waals surface area contributed by atoms with Gasteiger partial charge in [0.15, 0.2) is 0 Å². The average Bonchev–Trinajstić information content (AvgIpc) is 2.76. The molecule has 0 fully saturated rings. The number of nitrogens with zero attached hydrogens (tertiary/aromatic N) is 3. The molecule has 0 saturated carbocycles. The summed E-state index contributed by atoms with van der Waals surface area (Å²) in [5.74, 6) is 1.72. The van der Waals surface area contributed by atoms with Crippen LogP contribution in [0.4, 0.5) is 0 Å². The molecule has 1 heterocycles. The molecule has 1 aromatic carbocycles. The summed E-state index contributed by atoms with van der Waals surface area (Å²) < 4.78 is 3.56. The number of hydrogen-bond acceptors (Lipinski definition) is 2. The molecule has 0 aliphatic heterocycles. The summed E-state index contributed by atoms with van der Waals surface area (Å²) >= 11 is 8.26. The first-order chi connectivity index (χ1) is 10.0. The lowest BCUT2D eigenvalue weighted by atomic mass is 10.3. The van der Waals surface area contributed by atoms with Gasteiger partial charge in [-0.05, 0) is 74.7 Å². The van der Waals surface area contributed by atoms with Crippen LogP contribution < -0.4 is 0 Å². The molecule has 0 aliphatic rings. The van der Waals surface area contributed by atoms with Crippen LogP contribution in [0.25, 0.3) is 11.0 Å². The van der Waals surface area contributed by atoms with E-state index in [-0.39, 0.29) is 0 Å². The van der Waals surface area contributed by atoms with E-state index in [1.165, 1.54) is 9.09 Å². The number of imidazole rings is 1. The molecular weight excluding hydrogens is 397 g/mol. The van der Waals surface area contributed by atoms with E-state index in [1.54, 1.807) is 0 Å². The van der Waals surface area contributed by atoms with Crippen LogP contribution in [0.5, 0.6) is 0 Å². The van der Waals surface area contributed by atoms with Crippen LogP contribution in [0.15, 0.2) is 18.2 Å². The monoisotopic (exact) mass is 419 g/mol. The molecule has 0 N–H and O–H groups in total. The second-order valence-corrected chi connectivity index (χ2v) is 7.30. The van der Waals surface area contributed by atoms with Crippen LogP contribution in [-0.2, 0) is 13.0 Å². The fraction of sp³-hybridized carbons (Fsp3) is 0.562. The molecule has 1 aromatic heterocycles. The first-order valence-corrected chi connectivity index (χ1v) is 9.05. The Hall–Kier alpha value is -0.330. The average molecular weight is 420 g/mol. The second kappa shape index (κ2) is 7.79. The summed E-state index contributed by atoms with van der Waals surface area (Å²) in [6, 6.07) is 7.05. The van der Waals surface area contributed by atoms with E-state index in [1.807, 2.05) is 0 Å². The Labute approximate surface area is 145 Å². The van der Waals surface area contributed by atoms with Crippen molar-refractivity contribution in [3.05, 3.63) is 27.6 Å². The van der Waals surface area contributed by atoms with Gasteiger partial charge in [0.1, 0.15) is 5.82 Å². The molecule has 0 bridgehead atoms. The fourth-order valence-corrected chi connectivity index (χ4v) is 3.06. The van der Waals surface area contributed by atoms with Gasteiger partial charge in [-0.25, -0.2) is 4.98 Å². The van der Waals surface area contributed by atoms with Gasteiger partial charge in [-0.3, -0.25) is 0 Å². The highest BCUT2D eigenvalue weighted by Gasteiger charge is 2.11. The summed E-state index contributed by atoms with van der Waals surface area (Å²) in [6.07, 6.45) is 1.95. The topological polar surface area (TPSA) is 21.1 Å². The number of benzene rings is 1. The lowest BCUT2D eigenvalue weighted by molar-refractivity contribution is 0.265. The Kier molecular flexibility index (Phi) is 6.32. The van der Waals surface area contributed by atoms with Crippen molar-refractivity contribution in [2.75, 3.05) is 19.5 Å². The van der Waals surface area contributed by atoms with E-state index < -0.39 is 0 Å². The van der Waals surface area contributed by atoms with Crippen LogP contribution in [0.3, 0.4) is 0 Å². The summed E-state index contributed by atoms with van der Waals surface area (Å²) in [4.78, 5) is 7.13. The molecule has 0 saturated heterocycles. The highest BCUT2D eigenvalue weighted by Crippen LogP contribution is 2.20. The number of aryl methyl sites for hydroxylation is 2. The first kappa shape index (κ1) is 17.0. The lowest BCUT2D eigenvalue weighted by Gasteiger charge is -2.21. The minimum absolute atomic E-state index is 0.591. The Morgan fingerprint density at radius 2 is 2.14 bits per heavy atom. The fourth-order valence-electron chi connectivity index (χ4n) is 2.41. The van der Waals surface area contributed by atoms with E-state index in [0.717, 1.165) is 37.3 Å². The first-order valence-electron chi connectivity index (χ1n) is 7.43. The Bertz CT molecular complexity index is 594. The zero-order chi connectivity index (χ0) is 15.4. The van der Waals surface area contributed by atoms with E-state index >= 15 is 0 Å². The van der Waals surface area contributed by atoms with Crippen LogP contribution in [0.1, 0.15) is 26.1 Å². The molecule has 2 aromatic rings. The van der Waals surface area contributed by atoms with Gasteiger partial charge in [0.05, 0.1) is 11.0 Å². The Balaban J connectivity index is 2.18. The molecule has 0 radical (unpaired) electrons. The highest BCUT2D eigenvalue weighted by atomic mass is 127. The van der Waals surface area contributed by atoms with Crippen molar-refractivity contribution >= 4 is 45.2 Å². The van der Waals surface area contributed by atoms with Gasteiger partial charge in [0.25, 0.3) is 0 Å². The van der Waals surface area contributed by atoms with Crippen molar-refractivity contribution in [1.82, 2.24) is 14.5 Å². The standard InChI is InChI=1S/C16H23ClIN3/c1-12(2)20(3)9-4-10-21-15-6-5-13(18)11-14(15)19-16(21)7-8-17/h5-6,11-12H,4,7-10H2,1-3H3. The van der Waals surface area contributed by atoms with Crippen molar-refractivity contribution in [1.29, 1.82) is 0 Å². The molecule has 3 nitrogen and oxygen atoms in total. The zero-order valence-electron chi connectivity index (χ0n) is 12.9. The molecule has 0 aliphatic carbocycles. The van der Waals surface area contributed by atoms with E-state index in [2.05, 4.69) is 71.2 Å². The molecular formula is C16H23ClIN3. The minimum atomic E-state index is 0.591. The number of fused-ring (bicyclic) bond motifs is 1. The zero-order valence-corrected chi connectivity index (χ0v) is 15.9. The maximum absolute atomic E-state index is 5.93. The van der Waals surface area contributed by atoms with Crippen molar-refractivity contribution in [3.8, 4) is 0 Å². The van der Waals surface area contributed by atoms with Gasteiger partial charge in [-0.2, -0.15) is 0 Å². The number of rotatable bonds is 7.